The van der Waals surface area contributed by atoms with Crippen LogP contribution in [0.3, 0.4) is 0 Å². The molecule has 0 radical (unpaired) electrons. The zero-order valence-electron chi connectivity index (χ0n) is 9.14. The van der Waals surface area contributed by atoms with Gasteiger partial charge in [0, 0.05) is 18.4 Å². The molecule has 17 heavy (non-hydrogen) atoms. The number of hydrogen-bond donors (Lipinski definition) is 1. The van der Waals surface area contributed by atoms with Crippen LogP contribution in [0.25, 0.3) is 11.3 Å². The van der Waals surface area contributed by atoms with Crippen molar-refractivity contribution in [3.8, 4) is 17.0 Å². The van der Waals surface area contributed by atoms with E-state index in [9.17, 15) is 9.90 Å². The van der Waals surface area contributed by atoms with Crippen LogP contribution in [0.15, 0.2) is 28.8 Å². The van der Waals surface area contributed by atoms with Crippen LogP contribution in [0.5, 0.6) is 5.75 Å². The van der Waals surface area contributed by atoms with Crippen LogP contribution >= 0.6 is 0 Å². The largest absolute Gasteiger partial charge is 0.508 e. The Morgan fingerprint density at radius 1 is 1.29 bits per heavy atom. The number of aromatic nitrogens is 1. The van der Waals surface area contributed by atoms with E-state index in [1.165, 1.54) is 0 Å². The maximum atomic E-state index is 11.9. The van der Waals surface area contributed by atoms with Gasteiger partial charge in [-0.1, -0.05) is 17.3 Å². The summed E-state index contributed by atoms with van der Waals surface area (Å²) in [5.74, 6) is 0.896. The van der Waals surface area contributed by atoms with Crippen LogP contribution in [0.4, 0.5) is 0 Å². The van der Waals surface area contributed by atoms with E-state index < -0.39 is 0 Å². The van der Waals surface area contributed by atoms with E-state index in [1.54, 1.807) is 24.3 Å². The third-order valence-electron chi connectivity index (χ3n) is 2.97. The van der Waals surface area contributed by atoms with Crippen LogP contribution < -0.4 is 0 Å². The Morgan fingerprint density at radius 2 is 2.18 bits per heavy atom. The van der Waals surface area contributed by atoms with Gasteiger partial charge in [-0.3, -0.25) is 4.79 Å². The van der Waals surface area contributed by atoms with Gasteiger partial charge < -0.3 is 9.63 Å². The number of rotatable bonds is 1. The highest BCUT2D eigenvalue weighted by Gasteiger charge is 2.26. The Kier molecular flexibility index (Phi) is 2.21. The summed E-state index contributed by atoms with van der Waals surface area (Å²) in [4.78, 5) is 11.9. The minimum atomic E-state index is 0.0749. The van der Waals surface area contributed by atoms with Crippen molar-refractivity contribution in [1.29, 1.82) is 0 Å². The van der Waals surface area contributed by atoms with Crippen molar-refractivity contribution in [3.63, 3.8) is 0 Å². The smallest absolute Gasteiger partial charge is 0.168 e. The fourth-order valence-corrected chi connectivity index (χ4v) is 2.17. The number of aromatic hydroxyl groups is 1. The lowest BCUT2D eigenvalue weighted by atomic mass is 9.93. The maximum absolute atomic E-state index is 11.9. The minimum Gasteiger partial charge on any atom is -0.508 e. The molecule has 3 rings (SSSR count). The van der Waals surface area contributed by atoms with Gasteiger partial charge in [-0.25, -0.2) is 0 Å². The Labute approximate surface area is 97.9 Å². The molecule has 1 heterocycles. The van der Waals surface area contributed by atoms with Crippen molar-refractivity contribution < 1.29 is 14.4 Å². The molecule has 0 unspecified atom stereocenters. The predicted octanol–water partition coefficient (Wildman–Crippen LogP) is 2.57. The van der Waals surface area contributed by atoms with E-state index in [4.69, 9.17) is 4.52 Å². The number of phenolic OH excluding ortho intramolecular Hbond substituents is 1. The highest BCUT2D eigenvalue weighted by Crippen LogP contribution is 2.32. The molecule has 0 fully saturated rings. The number of hydrogen-bond acceptors (Lipinski definition) is 4. The minimum absolute atomic E-state index is 0.0749. The first kappa shape index (κ1) is 10.1. The quantitative estimate of drug-likeness (QED) is 0.816. The second-order valence-electron chi connectivity index (χ2n) is 4.16. The molecule has 0 amide bonds. The van der Waals surface area contributed by atoms with Crippen LogP contribution in [0.1, 0.15) is 29.0 Å². The van der Waals surface area contributed by atoms with Crippen molar-refractivity contribution in [1.82, 2.24) is 5.16 Å². The summed E-state index contributed by atoms with van der Waals surface area (Å²) in [5, 5.41) is 13.4. The van der Waals surface area contributed by atoms with Gasteiger partial charge >= 0.3 is 0 Å². The summed E-state index contributed by atoms with van der Waals surface area (Å²) in [6.07, 6.45) is 2.12. The molecular formula is C13H11NO3. The number of carbonyl (C=O) groups excluding carboxylic acids is 1. The average Bonchev–Trinajstić information content (AvgIpc) is 2.74. The zero-order valence-corrected chi connectivity index (χ0v) is 9.14. The van der Waals surface area contributed by atoms with Gasteiger partial charge in [-0.2, -0.15) is 0 Å². The molecule has 0 saturated heterocycles. The van der Waals surface area contributed by atoms with E-state index in [0.29, 0.717) is 29.0 Å². The highest BCUT2D eigenvalue weighted by atomic mass is 16.5. The van der Waals surface area contributed by atoms with E-state index in [0.717, 1.165) is 12.8 Å². The molecule has 0 atom stereocenters. The molecule has 4 heteroatoms. The molecule has 0 bridgehead atoms. The molecule has 0 spiro atoms. The SMILES string of the molecule is O=C1CCCc2onc(-c3cccc(O)c3)c21. The van der Waals surface area contributed by atoms with Gasteiger partial charge in [-0.05, 0) is 18.6 Å². The van der Waals surface area contributed by atoms with Gasteiger partial charge in [0.1, 0.15) is 17.2 Å². The lowest BCUT2D eigenvalue weighted by Gasteiger charge is -2.08. The van der Waals surface area contributed by atoms with E-state index in [1.807, 2.05) is 0 Å². The second-order valence-corrected chi connectivity index (χ2v) is 4.16. The molecule has 2 aromatic rings. The first-order valence-electron chi connectivity index (χ1n) is 5.57. The topological polar surface area (TPSA) is 63.3 Å². The lowest BCUT2D eigenvalue weighted by Crippen LogP contribution is -2.09. The highest BCUT2D eigenvalue weighted by molar-refractivity contribution is 6.03. The lowest BCUT2D eigenvalue weighted by molar-refractivity contribution is 0.0969. The van der Waals surface area contributed by atoms with Crippen LogP contribution in [-0.4, -0.2) is 16.0 Å². The molecule has 86 valence electrons. The monoisotopic (exact) mass is 229 g/mol. The van der Waals surface area contributed by atoms with Gasteiger partial charge in [0.15, 0.2) is 5.78 Å². The van der Waals surface area contributed by atoms with Gasteiger partial charge in [0.2, 0.25) is 0 Å². The molecule has 0 saturated carbocycles. The normalized spacial score (nSPS) is 14.7. The molecule has 1 aliphatic rings. The fraction of sp³-hybridized carbons (Fsp3) is 0.231. The number of Topliss-reactive ketones (excluding diaryl/α,β-unsaturated/α-hetero) is 1. The Hall–Kier alpha value is -2.10. The molecular weight excluding hydrogens is 218 g/mol. The summed E-state index contributed by atoms with van der Waals surface area (Å²) in [6, 6.07) is 6.69. The van der Waals surface area contributed by atoms with Crippen molar-refractivity contribution in [2.45, 2.75) is 19.3 Å². The standard InChI is InChI=1S/C13H11NO3/c15-9-4-1-3-8(7-9)13-12-10(16)5-2-6-11(12)17-14-13/h1,3-4,7,15H,2,5-6H2. The van der Waals surface area contributed by atoms with E-state index in [2.05, 4.69) is 5.16 Å². The average molecular weight is 229 g/mol. The number of benzene rings is 1. The summed E-state index contributed by atoms with van der Waals surface area (Å²) in [7, 11) is 0. The maximum Gasteiger partial charge on any atom is 0.168 e. The third kappa shape index (κ3) is 1.62. The number of aryl methyl sites for hydroxylation is 1. The molecule has 4 nitrogen and oxygen atoms in total. The van der Waals surface area contributed by atoms with Crippen molar-refractivity contribution >= 4 is 5.78 Å². The Morgan fingerprint density at radius 3 is 3.00 bits per heavy atom. The van der Waals surface area contributed by atoms with E-state index >= 15 is 0 Å². The predicted molar refractivity (Wildman–Crippen MR) is 60.9 cm³/mol. The first-order valence-corrected chi connectivity index (χ1v) is 5.57. The summed E-state index contributed by atoms with van der Waals surface area (Å²) in [5.41, 5.74) is 1.84. The van der Waals surface area contributed by atoms with Gasteiger partial charge in [0.25, 0.3) is 0 Å². The van der Waals surface area contributed by atoms with Crippen molar-refractivity contribution in [3.05, 3.63) is 35.6 Å². The summed E-state index contributed by atoms with van der Waals surface area (Å²) in [6.45, 7) is 0. The Bertz CT molecular complexity index is 586. The fourth-order valence-electron chi connectivity index (χ4n) is 2.17. The molecule has 1 aromatic heterocycles. The van der Waals surface area contributed by atoms with Crippen molar-refractivity contribution in [2.24, 2.45) is 0 Å². The van der Waals surface area contributed by atoms with Crippen LogP contribution in [0, 0.1) is 0 Å². The second kappa shape index (κ2) is 3.73. The molecule has 1 N–H and O–H groups in total. The number of nitrogens with zero attached hydrogens (tertiary/aromatic N) is 1. The molecule has 1 aromatic carbocycles. The molecule has 1 aliphatic carbocycles. The zero-order chi connectivity index (χ0) is 11.8. The summed E-state index contributed by atoms with van der Waals surface area (Å²) < 4.78 is 5.20. The van der Waals surface area contributed by atoms with Gasteiger partial charge in [-0.15, -0.1) is 0 Å². The number of phenols is 1. The van der Waals surface area contributed by atoms with Crippen LogP contribution in [0.2, 0.25) is 0 Å². The van der Waals surface area contributed by atoms with Crippen molar-refractivity contribution in [2.75, 3.05) is 0 Å². The van der Waals surface area contributed by atoms with Gasteiger partial charge in [0.05, 0.1) is 5.56 Å². The summed E-state index contributed by atoms with van der Waals surface area (Å²) >= 11 is 0. The number of carbonyl (C=O) groups is 1. The number of fused-ring (bicyclic) bond motifs is 1. The Balaban J connectivity index is 2.16. The molecule has 0 aliphatic heterocycles. The third-order valence-corrected chi connectivity index (χ3v) is 2.97. The number of ketones is 1. The van der Waals surface area contributed by atoms with Crippen LogP contribution in [-0.2, 0) is 6.42 Å². The first-order chi connectivity index (χ1) is 8.25. The van der Waals surface area contributed by atoms with E-state index in [-0.39, 0.29) is 11.5 Å².